The van der Waals surface area contributed by atoms with Gasteiger partial charge in [-0.1, -0.05) is 37.4 Å². The van der Waals surface area contributed by atoms with Gasteiger partial charge in [-0.3, -0.25) is 19.3 Å². The number of hydrogen-bond acceptors (Lipinski definition) is 6. The summed E-state index contributed by atoms with van der Waals surface area (Å²) < 4.78 is 6.24. The number of phenolic OH excluding ortho intramolecular Hbond substituents is 1. The molecule has 1 aromatic rings. The molecular formula is C25H32ClNO7. The highest BCUT2D eigenvalue weighted by molar-refractivity contribution is 6.31. The van der Waals surface area contributed by atoms with E-state index in [2.05, 4.69) is 0 Å². The summed E-state index contributed by atoms with van der Waals surface area (Å²) in [5.74, 6) is -4.77. The van der Waals surface area contributed by atoms with Gasteiger partial charge in [0.1, 0.15) is 5.75 Å². The van der Waals surface area contributed by atoms with E-state index < -0.39 is 35.6 Å². The molecule has 0 spiro atoms. The zero-order valence-electron chi connectivity index (χ0n) is 19.3. The van der Waals surface area contributed by atoms with Crippen LogP contribution in [0.1, 0.15) is 70.0 Å². The van der Waals surface area contributed by atoms with Crippen LogP contribution in [0, 0.1) is 23.7 Å². The van der Waals surface area contributed by atoms with Crippen molar-refractivity contribution in [2.45, 2.75) is 70.2 Å². The molecular weight excluding hydrogens is 462 g/mol. The molecule has 6 atom stereocenters. The highest BCUT2D eigenvalue weighted by atomic mass is 35.5. The van der Waals surface area contributed by atoms with Gasteiger partial charge in [0.25, 0.3) is 0 Å². The van der Waals surface area contributed by atoms with Crippen LogP contribution in [0.25, 0.3) is 0 Å². The number of nitrogens with zero attached hydrogens (tertiary/aromatic N) is 1. The Morgan fingerprint density at radius 3 is 2.65 bits per heavy atom. The van der Waals surface area contributed by atoms with Crippen LogP contribution in [0.5, 0.6) is 5.75 Å². The third-order valence-corrected chi connectivity index (χ3v) is 8.02. The Morgan fingerprint density at radius 1 is 1.21 bits per heavy atom. The van der Waals surface area contributed by atoms with Crippen LogP contribution >= 0.6 is 11.6 Å². The molecule has 0 radical (unpaired) electrons. The Morgan fingerprint density at radius 2 is 1.97 bits per heavy atom. The van der Waals surface area contributed by atoms with E-state index in [0.29, 0.717) is 49.1 Å². The van der Waals surface area contributed by atoms with Gasteiger partial charge in [-0.05, 0) is 49.8 Å². The van der Waals surface area contributed by atoms with Crippen molar-refractivity contribution in [2.75, 3.05) is 6.54 Å². The van der Waals surface area contributed by atoms with Crippen LogP contribution in [-0.4, -0.2) is 50.3 Å². The lowest BCUT2D eigenvalue weighted by Gasteiger charge is -2.44. The Bertz CT molecular complexity index is 969. The van der Waals surface area contributed by atoms with Crippen LogP contribution in [0.2, 0.25) is 5.02 Å². The number of halogens is 1. The molecule has 34 heavy (non-hydrogen) atoms. The smallest absolute Gasteiger partial charge is 0.303 e. The number of likely N-dealkylation sites (tertiary alicyclic amines) is 1. The number of phenols is 1. The number of carbonyl (C=O) groups is 3. The van der Waals surface area contributed by atoms with Crippen molar-refractivity contribution in [1.82, 2.24) is 4.90 Å². The zero-order valence-corrected chi connectivity index (χ0v) is 20.0. The summed E-state index contributed by atoms with van der Waals surface area (Å²) in [7, 11) is 0. The fourth-order valence-electron chi connectivity index (χ4n) is 6.14. The number of fused-ring (bicyclic) bond motifs is 3. The lowest BCUT2D eigenvalue weighted by molar-refractivity contribution is -0.270. The fourth-order valence-corrected chi connectivity index (χ4v) is 6.44. The minimum Gasteiger partial charge on any atom is -0.508 e. The standard InChI is InChI=1S/C25H32ClNO7/c1-2-6-14-11-17-22(24(32)27(23(17)31)10-5-3-4-7-21(29)30)18-13-20(34-25(14,18)33)16-9-8-15(28)12-19(16)26/h8-9,12,14,17-18,20,22,28,33H,2-7,10-11,13H2,1H3,(H,29,30)/t14-,17-,18-,20-,22-,25+/m0/s1. The van der Waals surface area contributed by atoms with Crippen LogP contribution in [0.4, 0.5) is 0 Å². The summed E-state index contributed by atoms with van der Waals surface area (Å²) in [5.41, 5.74) is 0.640. The van der Waals surface area contributed by atoms with Gasteiger partial charge < -0.3 is 20.1 Å². The van der Waals surface area contributed by atoms with Gasteiger partial charge >= 0.3 is 5.97 Å². The molecule has 3 fully saturated rings. The Kier molecular flexibility index (Phi) is 7.22. The summed E-state index contributed by atoms with van der Waals surface area (Å²) >= 11 is 6.35. The summed E-state index contributed by atoms with van der Waals surface area (Å²) in [5, 5.41) is 30.6. The van der Waals surface area contributed by atoms with Crippen molar-refractivity contribution < 1.29 is 34.4 Å². The molecule has 0 unspecified atom stereocenters. The molecule has 2 aliphatic heterocycles. The second-order valence-electron chi connectivity index (χ2n) is 9.79. The number of amides is 2. The average Bonchev–Trinajstić information content (AvgIpc) is 3.23. The maximum absolute atomic E-state index is 13.4. The van der Waals surface area contributed by atoms with Gasteiger partial charge in [-0.15, -0.1) is 0 Å². The fraction of sp³-hybridized carbons (Fsp3) is 0.640. The van der Waals surface area contributed by atoms with Crippen LogP contribution < -0.4 is 0 Å². The first kappa shape index (κ1) is 24.9. The quantitative estimate of drug-likeness (QED) is 0.352. The molecule has 1 aromatic carbocycles. The maximum atomic E-state index is 13.4. The molecule has 3 N–H and O–H groups in total. The third kappa shape index (κ3) is 4.43. The molecule has 3 aliphatic rings. The van der Waals surface area contributed by atoms with E-state index in [9.17, 15) is 24.6 Å². The van der Waals surface area contributed by atoms with Crippen molar-refractivity contribution in [3.05, 3.63) is 28.8 Å². The Balaban J connectivity index is 1.56. The number of aromatic hydroxyl groups is 1. The minimum absolute atomic E-state index is 0.0300. The number of carboxylic acid groups (broad SMARTS) is 1. The SMILES string of the molecule is CCC[C@H]1C[C@@H]2C(=O)N(CCCCCC(=O)O)C(=O)[C@@H]2[C@@H]2C[C@@H](c3ccc(O)cc3Cl)O[C@]12O. The van der Waals surface area contributed by atoms with Crippen LogP contribution in [-0.2, 0) is 19.1 Å². The second kappa shape index (κ2) is 9.84. The number of carbonyl (C=O) groups excluding carboxylic acids is 2. The number of rotatable bonds is 9. The molecule has 2 amide bonds. The number of benzene rings is 1. The van der Waals surface area contributed by atoms with Crippen molar-refractivity contribution in [1.29, 1.82) is 0 Å². The third-order valence-electron chi connectivity index (χ3n) is 7.70. The first-order valence-corrected chi connectivity index (χ1v) is 12.5. The van der Waals surface area contributed by atoms with E-state index >= 15 is 0 Å². The summed E-state index contributed by atoms with van der Waals surface area (Å²) in [6.45, 7) is 2.28. The predicted octanol–water partition coefficient (Wildman–Crippen LogP) is 3.88. The number of unbranched alkanes of at least 4 members (excludes halogenated alkanes) is 2. The highest BCUT2D eigenvalue weighted by Crippen LogP contribution is 2.59. The van der Waals surface area contributed by atoms with E-state index in [4.69, 9.17) is 21.4 Å². The molecule has 8 nitrogen and oxygen atoms in total. The van der Waals surface area contributed by atoms with Gasteiger partial charge in [0, 0.05) is 24.8 Å². The Hall–Kier alpha value is -2.16. The highest BCUT2D eigenvalue weighted by Gasteiger charge is 2.66. The van der Waals surface area contributed by atoms with Crippen LogP contribution in [0.15, 0.2) is 18.2 Å². The number of aliphatic hydroxyl groups is 1. The van der Waals surface area contributed by atoms with Crippen molar-refractivity contribution >= 4 is 29.4 Å². The molecule has 4 rings (SSSR count). The van der Waals surface area contributed by atoms with Gasteiger partial charge in [-0.25, -0.2) is 0 Å². The zero-order chi connectivity index (χ0) is 24.6. The first-order valence-electron chi connectivity index (χ1n) is 12.1. The first-order chi connectivity index (χ1) is 16.2. The van der Waals surface area contributed by atoms with Gasteiger partial charge in [-0.2, -0.15) is 0 Å². The number of hydrogen-bond donors (Lipinski definition) is 3. The maximum Gasteiger partial charge on any atom is 0.303 e. The average molecular weight is 494 g/mol. The number of aliphatic carboxylic acids is 1. The lowest BCUT2D eigenvalue weighted by atomic mass is 9.63. The lowest BCUT2D eigenvalue weighted by Crippen LogP contribution is -2.53. The number of imide groups is 1. The summed E-state index contributed by atoms with van der Waals surface area (Å²) in [4.78, 5) is 38.7. The normalized spacial score (nSPS) is 32.7. The summed E-state index contributed by atoms with van der Waals surface area (Å²) in [6.07, 6.45) is 3.42. The topological polar surface area (TPSA) is 124 Å². The van der Waals surface area contributed by atoms with Crippen LogP contribution in [0.3, 0.4) is 0 Å². The molecule has 9 heteroatoms. The Labute approximate surface area is 203 Å². The molecule has 0 aromatic heterocycles. The predicted molar refractivity (Wildman–Crippen MR) is 123 cm³/mol. The number of ether oxygens (including phenoxy) is 1. The van der Waals surface area contributed by atoms with Gasteiger partial charge in [0.05, 0.1) is 23.0 Å². The molecule has 1 saturated carbocycles. The molecule has 2 heterocycles. The van der Waals surface area contributed by atoms with Crippen molar-refractivity contribution in [2.24, 2.45) is 23.7 Å². The van der Waals surface area contributed by atoms with Crippen molar-refractivity contribution in [3.63, 3.8) is 0 Å². The molecule has 186 valence electrons. The van der Waals surface area contributed by atoms with E-state index in [1.807, 2.05) is 6.92 Å². The van der Waals surface area contributed by atoms with Crippen molar-refractivity contribution in [3.8, 4) is 5.75 Å². The van der Waals surface area contributed by atoms with Gasteiger partial charge in [0.2, 0.25) is 11.8 Å². The van der Waals surface area contributed by atoms with E-state index in [1.54, 1.807) is 6.07 Å². The second-order valence-corrected chi connectivity index (χ2v) is 10.2. The monoisotopic (exact) mass is 493 g/mol. The van der Waals surface area contributed by atoms with E-state index in [-0.39, 0.29) is 36.4 Å². The van der Waals surface area contributed by atoms with Gasteiger partial charge in [0.15, 0.2) is 5.79 Å². The number of carboxylic acids is 1. The minimum atomic E-state index is -1.53. The molecule has 0 bridgehead atoms. The van der Waals surface area contributed by atoms with E-state index in [0.717, 1.165) is 6.42 Å². The molecule has 1 aliphatic carbocycles. The molecule has 2 saturated heterocycles. The largest absolute Gasteiger partial charge is 0.508 e. The van der Waals surface area contributed by atoms with E-state index in [1.165, 1.54) is 17.0 Å². The summed E-state index contributed by atoms with van der Waals surface area (Å²) in [6, 6.07) is 4.61.